The normalized spacial score (nSPS) is 27.1. The van der Waals surface area contributed by atoms with Crippen molar-refractivity contribution in [2.45, 2.75) is 50.1 Å². The summed E-state index contributed by atoms with van der Waals surface area (Å²) in [5.41, 5.74) is 2.80. The summed E-state index contributed by atoms with van der Waals surface area (Å²) in [6, 6.07) is 12.3. The number of aliphatic hydroxyl groups is 1. The van der Waals surface area contributed by atoms with Crippen molar-refractivity contribution in [1.82, 2.24) is 9.88 Å². The van der Waals surface area contributed by atoms with Crippen molar-refractivity contribution in [3.63, 3.8) is 0 Å². The summed E-state index contributed by atoms with van der Waals surface area (Å²) in [6.07, 6.45) is 9.93. The lowest BCUT2D eigenvalue weighted by atomic mass is 9.71. The molecule has 1 saturated carbocycles. The Labute approximate surface area is 172 Å². The summed E-state index contributed by atoms with van der Waals surface area (Å²) >= 11 is 0. The van der Waals surface area contributed by atoms with Gasteiger partial charge in [0, 0.05) is 49.2 Å². The summed E-state index contributed by atoms with van der Waals surface area (Å²) in [4.78, 5) is 21.8. The maximum absolute atomic E-state index is 13.3. The number of likely N-dealkylation sites (tertiary alicyclic amines) is 1. The predicted molar refractivity (Wildman–Crippen MR) is 113 cm³/mol. The number of amides is 1. The third-order valence-corrected chi connectivity index (χ3v) is 7.17. The molecule has 1 aliphatic carbocycles. The summed E-state index contributed by atoms with van der Waals surface area (Å²) in [5.74, 6) is 1.03. The first-order chi connectivity index (χ1) is 14.3. The van der Waals surface area contributed by atoms with E-state index < -0.39 is 0 Å². The van der Waals surface area contributed by atoms with Crippen molar-refractivity contribution in [2.75, 3.05) is 24.6 Å². The van der Waals surface area contributed by atoms with Crippen molar-refractivity contribution in [3.05, 3.63) is 59.9 Å². The van der Waals surface area contributed by atoms with Gasteiger partial charge in [-0.25, -0.2) is 0 Å². The molecule has 5 heteroatoms. The Morgan fingerprint density at radius 3 is 2.69 bits per heavy atom. The molecule has 1 amide bonds. The van der Waals surface area contributed by atoms with Crippen LogP contribution in [-0.2, 0) is 0 Å². The van der Waals surface area contributed by atoms with E-state index in [0.717, 1.165) is 18.2 Å². The summed E-state index contributed by atoms with van der Waals surface area (Å²) in [6.45, 7) is 1.90. The second-order valence-electron chi connectivity index (χ2n) is 8.76. The zero-order valence-electron chi connectivity index (χ0n) is 16.8. The third-order valence-electron chi connectivity index (χ3n) is 7.17. The molecule has 152 valence electrons. The number of carbonyl (C=O) groups is 1. The molecule has 5 nitrogen and oxygen atoms in total. The molecule has 3 heterocycles. The van der Waals surface area contributed by atoms with Crippen molar-refractivity contribution in [1.29, 1.82) is 0 Å². The van der Waals surface area contributed by atoms with E-state index in [9.17, 15) is 9.90 Å². The van der Waals surface area contributed by atoms with E-state index in [1.807, 2.05) is 35.2 Å². The van der Waals surface area contributed by atoms with Gasteiger partial charge in [0.15, 0.2) is 0 Å². The zero-order chi connectivity index (χ0) is 19.8. The number of hydrogen-bond acceptors (Lipinski definition) is 4. The Hall–Kier alpha value is -2.24. The van der Waals surface area contributed by atoms with Crippen LogP contribution in [0.3, 0.4) is 0 Å². The zero-order valence-corrected chi connectivity index (χ0v) is 16.8. The molecule has 0 bridgehead atoms. The van der Waals surface area contributed by atoms with Crippen LogP contribution < -0.4 is 4.90 Å². The quantitative estimate of drug-likeness (QED) is 0.867. The van der Waals surface area contributed by atoms with Crippen LogP contribution in [0.4, 0.5) is 5.69 Å². The smallest absolute Gasteiger partial charge is 0.259 e. The monoisotopic (exact) mass is 391 g/mol. The van der Waals surface area contributed by atoms with E-state index in [2.05, 4.69) is 16.0 Å². The van der Waals surface area contributed by atoms with Gasteiger partial charge >= 0.3 is 0 Å². The summed E-state index contributed by atoms with van der Waals surface area (Å²) < 4.78 is 0. The van der Waals surface area contributed by atoms with Gasteiger partial charge in [0.05, 0.1) is 12.2 Å². The number of hydrogen-bond donors (Lipinski definition) is 1. The second kappa shape index (κ2) is 7.88. The van der Waals surface area contributed by atoms with Gasteiger partial charge in [-0.15, -0.1) is 0 Å². The number of rotatable bonds is 4. The standard InChI is InChI=1S/C24H29N3O2/c28-16-22-23-19-10-4-5-11-20(19)27(24(29)18-9-6-12-25-13-18)15-21(23)26(22)14-17-7-2-1-3-8-17/h4-6,9-13,17,21-23,28H,1-3,7-8,14-16H2/t21-,22+,23+/m0/s1. The van der Waals surface area contributed by atoms with Crippen LogP contribution in [0.2, 0.25) is 0 Å². The van der Waals surface area contributed by atoms with E-state index in [4.69, 9.17) is 0 Å². The molecule has 2 fully saturated rings. The van der Waals surface area contributed by atoms with Crippen molar-refractivity contribution < 1.29 is 9.90 Å². The number of nitrogens with zero attached hydrogens (tertiary/aromatic N) is 3. The van der Waals surface area contributed by atoms with Crippen molar-refractivity contribution in [2.24, 2.45) is 5.92 Å². The highest BCUT2D eigenvalue weighted by Crippen LogP contribution is 2.49. The Morgan fingerprint density at radius 1 is 1.10 bits per heavy atom. The molecule has 1 aromatic carbocycles. The number of fused-ring (bicyclic) bond motifs is 3. The van der Waals surface area contributed by atoms with Gasteiger partial charge in [-0.3, -0.25) is 14.7 Å². The SMILES string of the molecule is O=C(c1cccnc1)N1C[C@H]2[C@@H](c3ccccc31)[C@@H](CO)N2CC1CCCCC1. The predicted octanol–water partition coefficient (Wildman–Crippen LogP) is 3.45. The van der Waals surface area contributed by atoms with Crippen molar-refractivity contribution in [3.8, 4) is 0 Å². The molecular weight excluding hydrogens is 362 g/mol. The Bertz CT molecular complexity index is 865. The maximum Gasteiger partial charge on any atom is 0.259 e. The number of pyridine rings is 1. The average Bonchev–Trinajstić information content (AvgIpc) is 2.78. The third kappa shape index (κ3) is 3.26. The number of carbonyl (C=O) groups excluding carboxylic acids is 1. The lowest BCUT2D eigenvalue weighted by molar-refractivity contribution is -0.0545. The lowest BCUT2D eigenvalue weighted by Crippen LogP contribution is -2.69. The fourth-order valence-electron chi connectivity index (χ4n) is 5.74. The topological polar surface area (TPSA) is 56.7 Å². The molecule has 5 rings (SSSR count). The van der Waals surface area contributed by atoms with Gasteiger partial charge in [0.25, 0.3) is 5.91 Å². The van der Waals surface area contributed by atoms with Crippen LogP contribution in [0.1, 0.15) is 53.9 Å². The lowest BCUT2D eigenvalue weighted by Gasteiger charge is -2.60. The molecule has 2 aliphatic heterocycles. The number of anilines is 1. The fourth-order valence-corrected chi connectivity index (χ4v) is 5.74. The van der Waals surface area contributed by atoms with E-state index >= 15 is 0 Å². The molecule has 0 spiro atoms. The molecule has 0 unspecified atom stereocenters. The molecule has 1 N–H and O–H groups in total. The van der Waals surface area contributed by atoms with Gasteiger partial charge in [-0.1, -0.05) is 37.5 Å². The first-order valence-electron chi connectivity index (χ1n) is 11.0. The molecule has 3 atom stereocenters. The van der Waals surface area contributed by atoms with Crippen LogP contribution in [0, 0.1) is 5.92 Å². The molecule has 0 radical (unpaired) electrons. The second-order valence-corrected chi connectivity index (χ2v) is 8.76. The van der Waals surface area contributed by atoms with Crippen LogP contribution in [-0.4, -0.2) is 52.7 Å². The summed E-state index contributed by atoms with van der Waals surface area (Å²) in [5, 5.41) is 10.2. The molecule has 1 saturated heterocycles. The Kier molecular flexibility index (Phi) is 5.10. The van der Waals surface area contributed by atoms with Crippen molar-refractivity contribution >= 4 is 11.6 Å². The largest absolute Gasteiger partial charge is 0.395 e. The Balaban J connectivity index is 1.45. The first-order valence-corrected chi connectivity index (χ1v) is 11.0. The van der Waals surface area contributed by atoms with Gasteiger partial charge in [-0.2, -0.15) is 0 Å². The number of aromatic nitrogens is 1. The number of aliphatic hydroxyl groups excluding tert-OH is 1. The molecule has 2 aromatic rings. The summed E-state index contributed by atoms with van der Waals surface area (Å²) in [7, 11) is 0. The number of benzene rings is 1. The highest BCUT2D eigenvalue weighted by molar-refractivity contribution is 6.06. The van der Waals surface area contributed by atoms with E-state index in [1.54, 1.807) is 12.4 Å². The average molecular weight is 392 g/mol. The highest BCUT2D eigenvalue weighted by Gasteiger charge is 2.53. The van der Waals surface area contributed by atoms with E-state index in [-0.39, 0.29) is 24.6 Å². The number of para-hydroxylation sites is 1. The van der Waals surface area contributed by atoms with Crippen LogP contribution in [0.5, 0.6) is 0 Å². The minimum atomic E-state index is 0.00839. The van der Waals surface area contributed by atoms with Crippen LogP contribution >= 0.6 is 0 Å². The Morgan fingerprint density at radius 2 is 1.93 bits per heavy atom. The molecular formula is C24H29N3O2. The molecule has 29 heavy (non-hydrogen) atoms. The molecule has 3 aliphatic rings. The molecule has 1 aromatic heterocycles. The van der Waals surface area contributed by atoms with Gasteiger partial charge in [0.2, 0.25) is 0 Å². The fraction of sp³-hybridized carbons (Fsp3) is 0.500. The van der Waals surface area contributed by atoms with Crippen LogP contribution in [0.25, 0.3) is 0 Å². The minimum Gasteiger partial charge on any atom is -0.395 e. The highest BCUT2D eigenvalue weighted by atomic mass is 16.3. The van der Waals surface area contributed by atoms with Gasteiger partial charge in [-0.05, 0) is 42.5 Å². The van der Waals surface area contributed by atoms with E-state index in [0.29, 0.717) is 18.0 Å². The first kappa shape index (κ1) is 18.8. The van der Waals surface area contributed by atoms with Gasteiger partial charge < -0.3 is 10.0 Å². The maximum atomic E-state index is 13.3. The van der Waals surface area contributed by atoms with Crippen LogP contribution in [0.15, 0.2) is 48.8 Å². The van der Waals surface area contributed by atoms with E-state index in [1.165, 1.54) is 37.7 Å². The van der Waals surface area contributed by atoms with Gasteiger partial charge in [0.1, 0.15) is 0 Å². The minimum absolute atomic E-state index is 0.00839.